The molecular weight excluding hydrogens is 266 g/mol. The Labute approximate surface area is 126 Å². The number of fused-ring (bicyclic) bond motifs is 1. The van der Waals surface area contributed by atoms with E-state index in [1.807, 2.05) is 39.0 Å². The molecule has 0 heterocycles. The number of nitrogens with one attached hydrogen (secondary N) is 1. The number of carbonyl (C=O) groups excluding carboxylic acids is 1. The lowest BCUT2D eigenvalue weighted by atomic mass is 9.86. The molecule has 2 atom stereocenters. The van der Waals surface area contributed by atoms with Crippen molar-refractivity contribution >= 4 is 6.09 Å². The summed E-state index contributed by atoms with van der Waals surface area (Å²) in [6.45, 7) is 7.34. The first kappa shape index (κ1) is 15.8. The average Bonchev–Trinajstić information content (AvgIpc) is 2.36. The van der Waals surface area contributed by atoms with Gasteiger partial charge in [-0.15, -0.1) is 0 Å². The van der Waals surface area contributed by atoms with Crippen LogP contribution in [-0.2, 0) is 11.2 Å². The molecule has 2 N–H and O–H groups in total. The normalized spacial score (nSPS) is 19.6. The Hall–Kier alpha value is -1.55. The van der Waals surface area contributed by atoms with E-state index in [2.05, 4.69) is 5.32 Å². The summed E-state index contributed by atoms with van der Waals surface area (Å²) in [7, 11) is 0. The van der Waals surface area contributed by atoms with Gasteiger partial charge in [0.15, 0.2) is 0 Å². The van der Waals surface area contributed by atoms with Crippen molar-refractivity contribution in [3.8, 4) is 0 Å². The van der Waals surface area contributed by atoms with Crippen molar-refractivity contribution in [2.24, 2.45) is 0 Å². The molecule has 0 aromatic heterocycles. The zero-order valence-corrected chi connectivity index (χ0v) is 13.3. The Morgan fingerprint density at radius 2 is 2.14 bits per heavy atom. The molecule has 0 saturated heterocycles. The van der Waals surface area contributed by atoms with Crippen LogP contribution < -0.4 is 5.32 Å². The van der Waals surface area contributed by atoms with Crippen LogP contribution in [0, 0.1) is 0 Å². The molecule has 0 fully saturated rings. The van der Waals surface area contributed by atoms with Crippen LogP contribution in [0.3, 0.4) is 0 Å². The second kappa shape index (κ2) is 6.06. The molecule has 0 bridgehead atoms. The molecule has 116 valence electrons. The number of alkyl carbamates (subject to hydrolysis) is 1. The zero-order chi connectivity index (χ0) is 15.6. The van der Waals surface area contributed by atoms with Gasteiger partial charge in [-0.2, -0.15) is 0 Å². The van der Waals surface area contributed by atoms with Crippen molar-refractivity contribution in [3.05, 3.63) is 34.9 Å². The number of aliphatic hydroxyl groups is 1. The largest absolute Gasteiger partial charge is 0.444 e. The number of aryl methyl sites for hydroxylation is 1. The minimum Gasteiger partial charge on any atom is -0.444 e. The van der Waals surface area contributed by atoms with E-state index in [9.17, 15) is 9.90 Å². The maximum absolute atomic E-state index is 11.9. The number of hydrogen-bond acceptors (Lipinski definition) is 3. The average molecular weight is 291 g/mol. The van der Waals surface area contributed by atoms with Crippen molar-refractivity contribution in [2.75, 3.05) is 0 Å². The fourth-order valence-corrected chi connectivity index (χ4v) is 2.69. The second-order valence-electron chi connectivity index (χ2n) is 6.73. The van der Waals surface area contributed by atoms with Gasteiger partial charge in [0, 0.05) is 0 Å². The summed E-state index contributed by atoms with van der Waals surface area (Å²) in [4.78, 5) is 11.9. The van der Waals surface area contributed by atoms with E-state index in [0.717, 1.165) is 30.4 Å². The van der Waals surface area contributed by atoms with Crippen LogP contribution in [0.4, 0.5) is 4.79 Å². The van der Waals surface area contributed by atoms with Gasteiger partial charge in [0.25, 0.3) is 0 Å². The zero-order valence-electron chi connectivity index (χ0n) is 13.3. The lowest BCUT2D eigenvalue weighted by Crippen LogP contribution is -2.36. The smallest absolute Gasteiger partial charge is 0.408 e. The fourth-order valence-electron chi connectivity index (χ4n) is 2.69. The van der Waals surface area contributed by atoms with Crippen LogP contribution in [-0.4, -0.2) is 16.8 Å². The van der Waals surface area contributed by atoms with Crippen LogP contribution in [0.5, 0.6) is 0 Å². The molecule has 0 radical (unpaired) electrons. The Bertz CT molecular complexity index is 517. The molecule has 0 spiro atoms. The van der Waals surface area contributed by atoms with E-state index >= 15 is 0 Å². The third kappa shape index (κ3) is 4.21. The standard InChI is InChI=1S/C17H25NO3/c1-11(19)12-8-9-14-13(10-12)6-5-7-15(14)18-16(20)21-17(2,3)4/h8-11,15,19H,5-7H2,1-4H3,(H,18,20)/t11-,15+/m0/s1. The van der Waals surface area contributed by atoms with Crippen molar-refractivity contribution < 1.29 is 14.6 Å². The van der Waals surface area contributed by atoms with E-state index in [4.69, 9.17) is 4.74 Å². The first-order chi connectivity index (χ1) is 9.76. The molecule has 1 aromatic rings. The lowest BCUT2D eigenvalue weighted by Gasteiger charge is -2.28. The summed E-state index contributed by atoms with van der Waals surface area (Å²) in [5.74, 6) is 0. The predicted octanol–water partition coefficient (Wildman–Crippen LogP) is 3.64. The second-order valence-corrected chi connectivity index (χ2v) is 6.73. The molecule has 2 rings (SSSR count). The van der Waals surface area contributed by atoms with E-state index in [-0.39, 0.29) is 12.1 Å². The minimum absolute atomic E-state index is 0.00773. The van der Waals surface area contributed by atoms with Crippen LogP contribution >= 0.6 is 0 Å². The van der Waals surface area contributed by atoms with Crippen LogP contribution in [0.15, 0.2) is 18.2 Å². The lowest BCUT2D eigenvalue weighted by molar-refractivity contribution is 0.0498. The van der Waals surface area contributed by atoms with Gasteiger partial charge in [0.1, 0.15) is 5.60 Å². The monoisotopic (exact) mass is 291 g/mol. The molecule has 1 aromatic carbocycles. The molecule has 4 nitrogen and oxygen atoms in total. The fraction of sp³-hybridized carbons (Fsp3) is 0.588. The Balaban J connectivity index is 2.13. The van der Waals surface area contributed by atoms with E-state index in [0.29, 0.717) is 0 Å². The highest BCUT2D eigenvalue weighted by Gasteiger charge is 2.25. The topological polar surface area (TPSA) is 58.6 Å². The Morgan fingerprint density at radius 1 is 1.43 bits per heavy atom. The highest BCUT2D eigenvalue weighted by Crippen LogP contribution is 2.31. The maximum atomic E-state index is 11.9. The van der Waals surface area contributed by atoms with Crippen molar-refractivity contribution in [3.63, 3.8) is 0 Å². The first-order valence-electron chi connectivity index (χ1n) is 7.56. The summed E-state index contributed by atoms with van der Waals surface area (Å²) < 4.78 is 5.33. The third-order valence-corrected chi connectivity index (χ3v) is 3.65. The third-order valence-electron chi connectivity index (χ3n) is 3.65. The van der Waals surface area contributed by atoms with Gasteiger partial charge < -0.3 is 15.2 Å². The van der Waals surface area contributed by atoms with E-state index in [1.165, 1.54) is 5.56 Å². The highest BCUT2D eigenvalue weighted by molar-refractivity contribution is 5.68. The number of amides is 1. The number of aliphatic hydroxyl groups excluding tert-OH is 1. The van der Waals surface area contributed by atoms with Gasteiger partial charge in [-0.1, -0.05) is 18.2 Å². The Kier molecular flexibility index (Phi) is 4.57. The van der Waals surface area contributed by atoms with Gasteiger partial charge in [0.2, 0.25) is 0 Å². The van der Waals surface area contributed by atoms with Crippen molar-refractivity contribution in [1.82, 2.24) is 5.32 Å². The predicted molar refractivity (Wildman–Crippen MR) is 82.1 cm³/mol. The molecule has 0 saturated carbocycles. The molecule has 0 unspecified atom stereocenters. The first-order valence-corrected chi connectivity index (χ1v) is 7.56. The summed E-state index contributed by atoms with van der Waals surface area (Å²) in [6, 6.07) is 5.98. The van der Waals surface area contributed by atoms with Crippen molar-refractivity contribution in [1.29, 1.82) is 0 Å². The molecule has 1 amide bonds. The van der Waals surface area contributed by atoms with Gasteiger partial charge in [0.05, 0.1) is 12.1 Å². The summed E-state index contributed by atoms with van der Waals surface area (Å²) in [5, 5.41) is 12.6. The number of hydrogen-bond donors (Lipinski definition) is 2. The van der Waals surface area contributed by atoms with Gasteiger partial charge in [-0.05, 0) is 63.6 Å². The van der Waals surface area contributed by atoms with Gasteiger partial charge in [-0.25, -0.2) is 4.79 Å². The maximum Gasteiger partial charge on any atom is 0.408 e. The number of carbonyl (C=O) groups is 1. The Morgan fingerprint density at radius 3 is 2.76 bits per heavy atom. The van der Waals surface area contributed by atoms with Crippen LogP contribution in [0.25, 0.3) is 0 Å². The van der Waals surface area contributed by atoms with Crippen LogP contribution in [0.1, 0.15) is 69.4 Å². The molecule has 1 aliphatic rings. The summed E-state index contributed by atoms with van der Waals surface area (Å²) in [5.41, 5.74) is 2.78. The SMILES string of the molecule is C[C@H](O)c1ccc2c(c1)CCC[C@H]2NC(=O)OC(C)(C)C. The quantitative estimate of drug-likeness (QED) is 0.874. The molecular formula is C17H25NO3. The van der Waals surface area contributed by atoms with Gasteiger partial charge in [-0.3, -0.25) is 0 Å². The van der Waals surface area contributed by atoms with Crippen LogP contribution in [0.2, 0.25) is 0 Å². The molecule has 1 aliphatic carbocycles. The summed E-state index contributed by atoms with van der Waals surface area (Å²) in [6.07, 6.45) is 2.09. The number of rotatable bonds is 2. The van der Waals surface area contributed by atoms with Gasteiger partial charge >= 0.3 is 6.09 Å². The van der Waals surface area contributed by atoms with E-state index in [1.54, 1.807) is 6.92 Å². The molecule has 0 aliphatic heterocycles. The number of ether oxygens (including phenoxy) is 1. The number of benzene rings is 1. The highest BCUT2D eigenvalue weighted by atomic mass is 16.6. The molecule has 21 heavy (non-hydrogen) atoms. The minimum atomic E-state index is -0.488. The van der Waals surface area contributed by atoms with E-state index < -0.39 is 11.7 Å². The molecule has 4 heteroatoms. The summed E-state index contributed by atoms with van der Waals surface area (Å²) >= 11 is 0. The van der Waals surface area contributed by atoms with Crippen molar-refractivity contribution in [2.45, 2.75) is 64.7 Å².